The topological polar surface area (TPSA) is 75.1 Å². The number of allylic oxidation sites excluding steroid dienone is 1. The summed E-state index contributed by atoms with van der Waals surface area (Å²) in [5.74, 6) is 0.600. The maximum Gasteiger partial charge on any atom is 0.307 e. The summed E-state index contributed by atoms with van der Waals surface area (Å²) in [5.41, 5.74) is 4.84. The molecule has 0 radical (unpaired) electrons. The standard InChI is InChI=1S/C28H27N3O2S/c1-3-7-24-19(2)29-28(25-17-16-23(34-25)15-12-20-8-5-4-6-9-20)31-27(24)30-22-13-10-21(11-14-22)18-26(32)33/h3-6,8-11,13-14,16-17H,1,7,12,15,18H2,2H3,(H,32,33)(H,29,30,31). The highest BCUT2D eigenvalue weighted by atomic mass is 32.1. The molecule has 0 aliphatic carbocycles. The predicted molar refractivity (Wildman–Crippen MR) is 139 cm³/mol. The highest BCUT2D eigenvalue weighted by Gasteiger charge is 2.14. The van der Waals surface area contributed by atoms with Crippen LogP contribution in [-0.2, 0) is 30.5 Å². The van der Waals surface area contributed by atoms with Crippen molar-refractivity contribution < 1.29 is 9.90 Å². The summed E-state index contributed by atoms with van der Waals surface area (Å²) in [6, 6.07) is 22.1. The molecule has 0 saturated carbocycles. The average Bonchev–Trinajstić information content (AvgIpc) is 3.30. The van der Waals surface area contributed by atoms with E-state index in [9.17, 15) is 4.79 Å². The van der Waals surface area contributed by atoms with Crippen molar-refractivity contribution in [2.24, 2.45) is 0 Å². The predicted octanol–water partition coefficient (Wildman–Crippen LogP) is 6.40. The second-order valence-electron chi connectivity index (χ2n) is 8.10. The molecule has 0 amide bonds. The number of nitrogens with one attached hydrogen (secondary N) is 1. The Morgan fingerprint density at radius 1 is 1.00 bits per heavy atom. The van der Waals surface area contributed by atoms with Crippen LogP contribution < -0.4 is 5.32 Å². The number of aromatic nitrogens is 2. The molecule has 0 bridgehead atoms. The Morgan fingerprint density at radius 3 is 2.47 bits per heavy atom. The van der Waals surface area contributed by atoms with E-state index >= 15 is 0 Å². The lowest BCUT2D eigenvalue weighted by molar-refractivity contribution is -0.136. The van der Waals surface area contributed by atoms with Crippen LogP contribution in [0.4, 0.5) is 11.5 Å². The summed E-state index contributed by atoms with van der Waals surface area (Å²) in [4.78, 5) is 22.9. The highest BCUT2D eigenvalue weighted by molar-refractivity contribution is 7.15. The van der Waals surface area contributed by atoms with Crippen LogP contribution in [0.15, 0.2) is 79.4 Å². The van der Waals surface area contributed by atoms with Gasteiger partial charge < -0.3 is 10.4 Å². The van der Waals surface area contributed by atoms with Gasteiger partial charge in [-0.1, -0.05) is 48.5 Å². The Bertz CT molecular complexity index is 1280. The van der Waals surface area contributed by atoms with Crippen molar-refractivity contribution in [1.29, 1.82) is 0 Å². The highest BCUT2D eigenvalue weighted by Crippen LogP contribution is 2.30. The molecular weight excluding hydrogens is 442 g/mol. The summed E-state index contributed by atoms with van der Waals surface area (Å²) >= 11 is 1.73. The van der Waals surface area contributed by atoms with Crippen molar-refractivity contribution in [2.45, 2.75) is 32.6 Å². The third kappa shape index (κ3) is 5.97. The first-order valence-corrected chi connectivity index (χ1v) is 12.0. The van der Waals surface area contributed by atoms with Gasteiger partial charge >= 0.3 is 5.97 Å². The van der Waals surface area contributed by atoms with Crippen LogP contribution in [0.3, 0.4) is 0 Å². The molecular formula is C28H27N3O2S. The molecule has 0 spiro atoms. The number of carboxylic acids is 1. The van der Waals surface area contributed by atoms with E-state index in [0.717, 1.165) is 46.0 Å². The van der Waals surface area contributed by atoms with E-state index in [4.69, 9.17) is 15.1 Å². The Balaban J connectivity index is 1.56. The van der Waals surface area contributed by atoms with Gasteiger partial charge in [0, 0.05) is 21.8 Å². The van der Waals surface area contributed by atoms with E-state index in [2.05, 4.69) is 48.3 Å². The second-order valence-corrected chi connectivity index (χ2v) is 9.26. The van der Waals surface area contributed by atoms with Crippen molar-refractivity contribution in [1.82, 2.24) is 9.97 Å². The normalized spacial score (nSPS) is 10.7. The van der Waals surface area contributed by atoms with Gasteiger partial charge in [0.1, 0.15) is 5.82 Å². The van der Waals surface area contributed by atoms with E-state index in [1.165, 1.54) is 10.4 Å². The van der Waals surface area contributed by atoms with Gasteiger partial charge in [0.05, 0.1) is 11.3 Å². The third-order valence-electron chi connectivity index (χ3n) is 5.52. The third-order valence-corrected chi connectivity index (χ3v) is 6.66. The van der Waals surface area contributed by atoms with Gasteiger partial charge in [0.15, 0.2) is 5.82 Å². The van der Waals surface area contributed by atoms with Crippen molar-refractivity contribution in [3.63, 3.8) is 0 Å². The Hall–Kier alpha value is -3.77. The molecule has 5 nitrogen and oxygen atoms in total. The molecule has 0 atom stereocenters. The van der Waals surface area contributed by atoms with Gasteiger partial charge in [0.2, 0.25) is 0 Å². The fraction of sp³-hybridized carbons (Fsp3) is 0.179. The minimum atomic E-state index is -0.843. The molecule has 0 saturated heterocycles. The Labute approximate surface area is 203 Å². The summed E-state index contributed by atoms with van der Waals surface area (Å²) in [7, 11) is 0. The number of carbonyl (C=O) groups is 1. The van der Waals surface area contributed by atoms with E-state index in [1.807, 2.05) is 43.3 Å². The number of aryl methyl sites for hydroxylation is 3. The van der Waals surface area contributed by atoms with Gasteiger partial charge in [-0.05, 0) is 61.6 Å². The van der Waals surface area contributed by atoms with Crippen LogP contribution in [0.25, 0.3) is 10.7 Å². The number of benzene rings is 2. The van der Waals surface area contributed by atoms with Gasteiger partial charge in [-0.2, -0.15) is 0 Å². The minimum Gasteiger partial charge on any atom is -0.481 e. The lowest BCUT2D eigenvalue weighted by Gasteiger charge is -2.14. The first kappa shape index (κ1) is 23.4. The van der Waals surface area contributed by atoms with Crippen LogP contribution in [0.1, 0.15) is 27.3 Å². The van der Waals surface area contributed by atoms with Crippen LogP contribution in [-0.4, -0.2) is 21.0 Å². The molecule has 2 N–H and O–H groups in total. The average molecular weight is 470 g/mol. The Morgan fingerprint density at radius 2 is 1.76 bits per heavy atom. The van der Waals surface area contributed by atoms with Crippen molar-refractivity contribution in [3.8, 4) is 10.7 Å². The van der Waals surface area contributed by atoms with Crippen molar-refractivity contribution in [2.75, 3.05) is 5.32 Å². The molecule has 172 valence electrons. The van der Waals surface area contributed by atoms with Gasteiger partial charge in [-0.3, -0.25) is 4.79 Å². The number of hydrogen-bond acceptors (Lipinski definition) is 5. The quantitative estimate of drug-likeness (QED) is 0.263. The number of thiophene rings is 1. The molecule has 6 heteroatoms. The second kappa shape index (κ2) is 10.9. The summed E-state index contributed by atoms with van der Waals surface area (Å²) in [6.07, 6.45) is 4.49. The van der Waals surface area contributed by atoms with E-state index < -0.39 is 5.97 Å². The minimum absolute atomic E-state index is 0.00371. The molecule has 0 aliphatic heterocycles. The Kier molecular flexibility index (Phi) is 7.50. The lowest BCUT2D eigenvalue weighted by Crippen LogP contribution is -2.05. The van der Waals surface area contributed by atoms with Crippen molar-refractivity contribution >= 4 is 28.8 Å². The monoisotopic (exact) mass is 469 g/mol. The molecule has 4 aromatic rings. The van der Waals surface area contributed by atoms with Crippen LogP contribution in [0.5, 0.6) is 0 Å². The van der Waals surface area contributed by atoms with Gasteiger partial charge in [0.25, 0.3) is 0 Å². The van der Waals surface area contributed by atoms with Crippen LogP contribution >= 0.6 is 11.3 Å². The number of rotatable bonds is 10. The van der Waals surface area contributed by atoms with Gasteiger partial charge in [-0.25, -0.2) is 9.97 Å². The maximum absolute atomic E-state index is 10.9. The maximum atomic E-state index is 10.9. The molecule has 0 unspecified atom stereocenters. The van der Waals surface area contributed by atoms with E-state index in [1.54, 1.807) is 11.3 Å². The number of nitrogens with zero attached hydrogens (tertiary/aromatic N) is 2. The van der Waals surface area contributed by atoms with Crippen LogP contribution in [0.2, 0.25) is 0 Å². The molecule has 0 fully saturated rings. The number of hydrogen-bond donors (Lipinski definition) is 2. The molecule has 2 aromatic carbocycles. The zero-order chi connectivity index (χ0) is 23.9. The molecule has 2 heterocycles. The fourth-order valence-corrected chi connectivity index (χ4v) is 4.70. The zero-order valence-electron chi connectivity index (χ0n) is 19.1. The molecule has 0 aliphatic rings. The molecule has 34 heavy (non-hydrogen) atoms. The van der Waals surface area contributed by atoms with E-state index in [0.29, 0.717) is 12.2 Å². The summed E-state index contributed by atoms with van der Waals surface area (Å²) in [6.45, 7) is 5.87. The van der Waals surface area contributed by atoms with E-state index in [-0.39, 0.29) is 6.42 Å². The van der Waals surface area contributed by atoms with Gasteiger partial charge in [-0.15, -0.1) is 17.9 Å². The number of aliphatic carboxylic acids is 1. The van der Waals surface area contributed by atoms with Crippen LogP contribution in [0, 0.1) is 6.92 Å². The SMILES string of the molecule is C=CCc1c(C)nc(-c2ccc(CCc3ccccc3)s2)nc1Nc1ccc(CC(=O)O)cc1. The largest absolute Gasteiger partial charge is 0.481 e. The fourth-order valence-electron chi connectivity index (χ4n) is 3.76. The molecule has 4 rings (SSSR count). The first-order valence-electron chi connectivity index (χ1n) is 11.2. The summed E-state index contributed by atoms with van der Waals surface area (Å²) in [5, 5.41) is 12.4. The zero-order valence-corrected chi connectivity index (χ0v) is 19.9. The molecule has 2 aromatic heterocycles. The van der Waals surface area contributed by atoms with Crippen molar-refractivity contribution in [3.05, 3.63) is 107 Å². The summed E-state index contributed by atoms with van der Waals surface area (Å²) < 4.78 is 0. The first-order chi connectivity index (χ1) is 16.5. The lowest BCUT2D eigenvalue weighted by atomic mass is 10.1. The number of carboxylic acid groups (broad SMARTS) is 1. The number of anilines is 2. The smallest absolute Gasteiger partial charge is 0.307 e.